The summed E-state index contributed by atoms with van der Waals surface area (Å²) in [5.74, 6) is 0.533. The highest BCUT2D eigenvalue weighted by Crippen LogP contribution is 2.38. The van der Waals surface area contributed by atoms with Crippen LogP contribution >= 0.6 is 0 Å². The summed E-state index contributed by atoms with van der Waals surface area (Å²) in [4.78, 5) is 0. The summed E-state index contributed by atoms with van der Waals surface area (Å²) in [6.07, 6.45) is 7.26. The maximum absolute atomic E-state index is 9.24. The van der Waals surface area contributed by atoms with E-state index in [1.807, 2.05) is 6.92 Å². The molecule has 0 bridgehead atoms. The van der Waals surface area contributed by atoms with Gasteiger partial charge in [-0.2, -0.15) is 0 Å². The lowest BCUT2D eigenvalue weighted by Crippen LogP contribution is -2.45. The fraction of sp³-hybridized carbons (Fsp3) is 0.882. The van der Waals surface area contributed by atoms with Gasteiger partial charge in [0.25, 0.3) is 0 Å². The van der Waals surface area contributed by atoms with Gasteiger partial charge >= 0.3 is 0 Å². The van der Waals surface area contributed by atoms with Gasteiger partial charge in [0.1, 0.15) is 0 Å². The van der Waals surface area contributed by atoms with Gasteiger partial charge in [-0.05, 0) is 50.2 Å². The van der Waals surface area contributed by atoms with E-state index in [0.29, 0.717) is 12.0 Å². The van der Waals surface area contributed by atoms with Gasteiger partial charge in [0.05, 0.1) is 12.2 Å². The van der Waals surface area contributed by atoms with Crippen molar-refractivity contribution in [3.63, 3.8) is 0 Å². The molecule has 2 nitrogen and oxygen atoms in total. The largest absolute Gasteiger partial charge is 0.413 e. The van der Waals surface area contributed by atoms with Crippen LogP contribution < -0.4 is 0 Å². The summed E-state index contributed by atoms with van der Waals surface area (Å²) >= 11 is 0. The first-order valence-corrected chi connectivity index (χ1v) is 10.9. The molecule has 0 aromatic rings. The summed E-state index contributed by atoms with van der Waals surface area (Å²) < 4.78 is 6.53. The Morgan fingerprint density at radius 1 is 1.10 bits per heavy atom. The fourth-order valence-electron chi connectivity index (χ4n) is 1.70. The molecule has 120 valence electrons. The van der Waals surface area contributed by atoms with Crippen LogP contribution in [-0.4, -0.2) is 25.6 Å². The minimum absolute atomic E-state index is 0.205. The summed E-state index contributed by atoms with van der Waals surface area (Å²) in [6.45, 7) is 17.8. The molecule has 1 N–H and O–H groups in total. The van der Waals surface area contributed by atoms with Crippen LogP contribution in [0.3, 0.4) is 0 Å². The number of hydrogen-bond acceptors (Lipinski definition) is 2. The monoisotopic (exact) mass is 300 g/mol. The van der Waals surface area contributed by atoms with Crippen LogP contribution in [0.15, 0.2) is 12.2 Å². The molecule has 0 fully saturated rings. The Morgan fingerprint density at radius 3 is 2.05 bits per heavy atom. The van der Waals surface area contributed by atoms with E-state index in [1.54, 1.807) is 0 Å². The van der Waals surface area contributed by atoms with E-state index < -0.39 is 8.32 Å². The van der Waals surface area contributed by atoms with Crippen molar-refractivity contribution in [1.82, 2.24) is 0 Å². The molecular formula is C17H36O2Si. The Kier molecular flexibility index (Phi) is 8.30. The van der Waals surface area contributed by atoms with E-state index in [9.17, 15) is 5.11 Å². The van der Waals surface area contributed by atoms with Gasteiger partial charge in [-0.25, -0.2) is 0 Å². The van der Waals surface area contributed by atoms with Crippen LogP contribution in [0, 0.1) is 5.92 Å². The van der Waals surface area contributed by atoms with E-state index in [0.717, 1.165) is 19.3 Å². The second-order valence-corrected chi connectivity index (χ2v) is 12.6. The number of allylic oxidation sites excluding steroid dienone is 1. The third-order valence-corrected chi connectivity index (χ3v) is 8.79. The highest BCUT2D eigenvalue weighted by atomic mass is 28.4. The number of hydrogen-bond donors (Lipinski definition) is 1. The Morgan fingerprint density at radius 2 is 1.65 bits per heavy atom. The van der Waals surface area contributed by atoms with Crippen molar-refractivity contribution >= 4 is 8.32 Å². The zero-order valence-electron chi connectivity index (χ0n) is 14.9. The first-order chi connectivity index (χ1) is 8.97. The van der Waals surface area contributed by atoms with E-state index >= 15 is 0 Å². The molecule has 0 amide bonds. The van der Waals surface area contributed by atoms with Gasteiger partial charge in [0.15, 0.2) is 8.32 Å². The van der Waals surface area contributed by atoms with Crippen LogP contribution in [0.5, 0.6) is 0 Å². The molecule has 0 saturated heterocycles. The summed E-state index contributed by atoms with van der Waals surface area (Å²) in [6, 6.07) is 0. The van der Waals surface area contributed by atoms with Gasteiger partial charge < -0.3 is 9.53 Å². The number of aliphatic hydroxyl groups is 1. The van der Waals surface area contributed by atoms with E-state index in [-0.39, 0.29) is 11.1 Å². The standard InChI is InChI=1S/C17H36O2Si/c1-14(2)16(13-11-9-10-12-15(3)18)19-20(7,8)17(4,5)6/h9,11,14-16,18H,10,12-13H2,1-8H3/b11-9-/t15-,16+/m1/s1. The van der Waals surface area contributed by atoms with Gasteiger partial charge in [0, 0.05) is 0 Å². The van der Waals surface area contributed by atoms with Crippen LogP contribution in [0.4, 0.5) is 0 Å². The molecule has 3 heteroatoms. The molecular weight excluding hydrogens is 264 g/mol. The van der Waals surface area contributed by atoms with E-state index in [1.165, 1.54) is 0 Å². The third-order valence-electron chi connectivity index (χ3n) is 4.28. The normalized spacial score (nSPS) is 16.9. The van der Waals surface area contributed by atoms with Crippen molar-refractivity contribution in [2.24, 2.45) is 5.92 Å². The first-order valence-electron chi connectivity index (χ1n) is 7.98. The molecule has 0 rings (SSSR count). The molecule has 0 radical (unpaired) electrons. The van der Waals surface area contributed by atoms with Gasteiger partial charge in [-0.3, -0.25) is 0 Å². The lowest BCUT2D eigenvalue weighted by atomic mass is 10.0. The highest BCUT2D eigenvalue weighted by molar-refractivity contribution is 6.74. The molecule has 0 aromatic heterocycles. The molecule has 0 saturated carbocycles. The maximum Gasteiger partial charge on any atom is 0.192 e. The number of rotatable bonds is 8. The topological polar surface area (TPSA) is 29.5 Å². The van der Waals surface area contributed by atoms with Crippen LogP contribution in [0.1, 0.15) is 60.8 Å². The van der Waals surface area contributed by atoms with E-state index in [2.05, 4.69) is 59.9 Å². The molecule has 0 heterocycles. The lowest BCUT2D eigenvalue weighted by molar-refractivity contribution is 0.136. The zero-order chi connectivity index (χ0) is 16.0. The van der Waals surface area contributed by atoms with Crippen LogP contribution in [-0.2, 0) is 4.43 Å². The summed E-state index contributed by atoms with van der Waals surface area (Å²) in [5, 5.41) is 9.50. The Labute approximate surface area is 127 Å². The summed E-state index contributed by atoms with van der Waals surface area (Å²) in [5.41, 5.74) is 0. The minimum Gasteiger partial charge on any atom is -0.413 e. The second kappa shape index (κ2) is 8.35. The Hall–Kier alpha value is -0.123. The van der Waals surface area contributed by atoms with Crippen LogP contribution in [0.2, 0.25) is 18.1 Å². The molecule has 0 unspecified atom stereocenters. The molecule has 0 aliphatic rings. The molecule has 0 spiro atoms. The van der Waals surface area contributed by atoms with Crippen molar-refractivity contribution in [2.75, 3.05) is 0 Å². The first kappa shape index (κ1) is 19.9. The van der Waals surface area contributed by atoms with Crippen molar-refractivity contribution < 1.29 is 9.53 Å². The number of aliphatic hydroxyl groups excluding tert-OH is 1. The maximum atomic E-state index is 9.24. The lowest BCUT2D eigenvalue weighted by Gasteiger charge is -2.40. The molecule has 2 atom stereocenters. The predicted molar refractivity (Wildman–Crippen MR) is 91.6 cm³/mol. The second-order valence-electron chi connectivity index (χ2n) is 7.79. The van der Waals surface area contributed by atoms with Crippen molar-refractivity contribution in [2.45, 2.75) is 91.1 Å². The quantitative estimate of drug-likeness (QED) is 0.497. The Balaban J connectivity index is 4.46. The Bertz CT molecular complexity index is 288. The van der Waals surface area contributed by atoms with Crippen LogP contribution in [0.25, 0.3) is 0 Å². The van der Waals surface area contributed by atoms with Crippen molar-refractivity contribution in [3.05, 3.63) is 12.2 Å². The van der Waals surface area contributed by atoms with Crippen molar-refractivity contribution in [1.29, 1.82) is 0 Å². The van der Waals surface area contributed by atoms with Gasteiger partial charge in [0.2, 0.25) is 0 Å². The van der Waals surface area contributed by atoms with Gasteiger partial charge in [-0.1, -0.05) is 46.8 Å². The summed E-state index contributed by atoms with van der Waals surface area (Å²) in [7, 11) is -1.69. The minimum atomic E-state index is -1.69. The molecule has 0 aliphatic carbocycles. The van der Waals surface area contributed by atoms with Crippen molar-refractivity contribution in [3.8, 4) is 0 Å². The molecule has 0 aromatic carbocycles. The average Bonchev–Trinajstić information content (AvgIpc) is 2.24. The third kappa shape index (κ3) is 7.60. The smallest absolute Gasteiger partial charge is 0.192 e. The SMILES string of the molecule is CC(C)[C@H](C/C=C\CC[C@@H](C)O)O[Si](C)(C)C(C)(C)C. The molecule has 0 aliphatic heterocycles. The zero-order valence-corrected chi connectivity index (χ0v) is 15.9. The van der Waals surface area contributed by atoms with Gasteiger partial charge in [-0.15, -0.1) is 0 Å². The van der Waals surface area contributed by atoms with E-state index in [4.69, 9.17) is 4.43 Å². The average molecular weight is 301 g/mol. The molecule has 20 heavy (non-hydrogen) atoms. The predicted octanol–water partition coefficient (Wildman–Crippen LogP) is 5.14. The highest BCUT2D eigenvalue weighted by Gasteiger charge is 2.39. The fourth-order valence-corrected chi connectivity index (χ4v) is 3.18.